The first kappa shape index (κ1) is 19.1. The molecular weight excluding hydrogens is 478 g/mol. The van der Waals surface area contributed by atoms with Crippen molar-refractivity contribution >= 4 is 76.8 Å². The average molecular weight is 492 g/mol. The number of benzene rings is 3. The molecule has 0 aliphatic heterocycles. The third kappa shape index (κ3) is 3.67. The number of fused-ring (bicyclic) bond motifs is 2. The van der Waals surface area contributed by atoms with E-state index in [0.29, 0.717) is 10.7 Å². The van der Waals surface area contributed by atoms with Gasteiger partial charge in [-0.2, -0.15) is 10.1 Å². The number of amides is 1. The minimum atomic E-state index is -0.210. The molecule has 4 nitrogen and oxygen atoms in total. The van der Waals surface area contributed by atoms with Gasteiger partial charge in [-0.05, 0) is 46.5 Å². The zero-order chi connectivity index (χ0) is 20.5. The van der Waals surface area contributed by atoms with Gasteiger partial charge < -0.3 is 0 Å². The van der Waals surface area contributed by atoms with Gasteiger partial charge in [-0.3, -0.25) is 4.79 Å². The lowest BCUT2D eigenvalue weighted by Gasteiger charge is -2.15. The van der Waals surface area contributed by atoms with Crippen molar-refractivity contribution in [3.63, 3.8) is 0 Å². The van der Waals surface area contributed by atoms with Crippen LogP contribution in [0.4, 0.5) is 5.13 Å². The largest absolute Gasteiger partial charge is 0.281 e. The average Bonchev–Trinajstić information content (AvgIpc) is 3.43. The lowest BCUT2D eigenvalue weighted by atomic mass is 10.0. The summed E-state index contributed by atoms with van der Waals surface area (Å²) in [4.78, 5) is 19.3. The molecule has 0 spiro atoms. The van der Waals surface area contributed by atoms with E-state index in [0.717, 1.165) is 30.3 Å². The van der Waals surface area contributed by atoms with E-state index < -0.39 is 0 Å². The van der Waals surface area contributed by atoms with Crippen molar-refractivity contribution in [3.05, 3.63) is 93.1 Å². The number of thiazole rings is 1. The van der Waals surface area contributed by atoms with E-state index in [9.17, 15) is 4.79 Å². The Morgan fingerprint density at radius 3 is 2.77 bits per heavy atom. The molecule has 146 valence electrons. The van der Waals surface area contributed by atoms with E-state index in [1.165, 1.54) is 16.3 Å². The van der Waals surface area contributed by atoms with Gasteiger partial charge in [0.1, 0.15) is 0 Å². The van der Waals surface area contributed by atoms with E-state index in [-0.39, 0.29) is 5.91 Å². The van der Waals surface area contributed by atoms with E-state index in [1.54, 1.807) is 17.6 Å². The van der Waals surface area contributed by atoms with Gasteiger partial charge in [-0.1, -0.05) is 69.7 Å². The summed E-state index contributed by atoms with van der Waals surface area (Å²) in [6.07, 6.45) is 1.70. The Morgan fingerprint density at radius 1 is 1.03 bits per heavy atom. The molecule has 5 rings (SSSR count). The molecule has 2 aromatic heterocycles. The summed E-state index contributed by atoms with van der Waals surface area (Å²) < 4.78 is 1.96. The van der Waals surface area contributed by atoms with Gasteiger partial charge in [0.2, 0.25) is 5.13 Å². The topological polar surface area (TPSA) is 45.6 Å². The number of aromatic nitrogens is 1. The molecule has 0 radical (unpaired) electrons. The van der Waals surface area contributed by atoms with Crippen LogP contribution >= 0.6 is 38.6 Å². The summed E-state index contributed by atoms with van der Waals surface area (Å²) >= 11 is 6.50. The molecule has 0 aliphatic carbocycles. The molecule has 2 heterocycles. The van der Waals surface area contributed by atoms with Crippen LogP contribution in [0.5, 0.6) is 0 Å². The Balaban J connectivity index is 1.63. The van der Waals surface area contributed by atoms with Gasteiger partial charge in [0, 0.05) is 14.9 Å². The van der Waals surface area contributed by atoms with Crippen molar-refractivity contribution in [2.75, 3.05) is 5.01 Å². The monoisotopic (exact) mass is 491 g/mol. The number of hydrogen-bond acceptors (Lipinski definition) is 5. The van der Waals surface area contributed by atoms with Crippen LogP contribution < -0.4 is 5.01 Å². The number of nitrogens with zero attached hydrogens (tertiary/aromatic N) is 3. The maximum Gasteiger partial charge on any atom is 0.281 e. The Hall–Kier alpha value is -2.87. The normalized spacial score (nSPS) is 11.5. The zero-order valence-corrected chi connectivity index (χ0v) is 18.7. The first-order valence-corrected chi connectivity index (χ1v) is 11.6. The first-order chi connectivity index (χ1) is 14.7. The Kier molecular flexibility index (Phi) is 5.16. The van der Waals surface area contributed by atoms with Crippen molar-refractivity contribution in [2.45, 2.75) is 0 Å². The van der Waals surface area contributed by atoms with Crippen molar-refractivity contribution in [1.29, 1.82) is 0 Å². The quantitative estimate of drug-likeness (QED) is 0.201. The van der Waals surface area contributed by atoms with Crippen LogP contribution in [0.2, 0.25) is 0 Å². The summed E-state index contributed by atoms with van der Waals surface area (Å²) in [5, 5.41) is 10.4. The highest BCUT2D eigenvalue weighted by Crippen LogP contribution is 2.32. The number of anilines is 1. The number of halogens is 1. The molecule has 0 N–H and O–H groups in total. The molecule has 0 bridgehead atoms. The van der Waals surface area contributed by atoms with Crippen LogP contribution in [0.3, 0.4) is 0 Å². The maximum atomic E-state index is 13.6. The Labute approximate surface area is 189 Å². The molecule has 3 aromatic carbocycles. The number of hydrogen-bond donors (Lipinski definition) is 0. The van der Waals surface area contributed by atoms with Gasteiger partial charge in [0.15, 0.2) is 0 Å². The molecule has 30 heavy (non-hydrogen) atoms. The maximum absolute atomic E-state index is 13.6. The SMILES string of the molecule is O=C(c1cccc2ccccc12)N(/N=C/c1cccs1)c1nc2ccc(Br)cc2s1. The summed E-state index contributed by atoms with van der Waals surface area (Å²) in [7, 11) is 0. The highest BCUT2D eigenvalue weighted by Gasteiger charge is 2.22. The van der Waals surface area contributed by atoms with Gasteiger partial charge >= 0.3 is 0 Å². The minimum absolute atomic E-state index is 0.210. The van der Waals surface area contributed by atoms with Crippen LogP contribution in [-0.2, 0) is 0 Å². The van der Waals surface area contributed by atoms with Crippen LogP contribution in [0.1, 0.15) is 15.2 Å². The molecule has 7 heteroatoms. The highest BCUT2D eigenvalue weighted by molar-refractivity contribution is 9.10. The molecule has 0 saturated heterocycles. The van der Waals surface area contributed by atoms with Crippen LogP contribution in [0.25, 0.3) is 21.0 Å². The molecule has 1 amide bonds. The molecular formula is C23H14BrN3OS2. The molecule has 0 unspecified atom stereocenters. The number of hydrazone groups is 1. The predicted molar refractivity (Wildman–Crippen MR) is 130 cm³/mol. The zero-order valence-electron chi connectivity index (χ0n) is 15.5. The minimum Gasteiger partial charge on any atom is -0.267 e. The highest BCUT2D eigenvalue weighted by atomic mass is 79.9. The van der Waals surface area contributed by atoms with Crippen molar-refractivity contribution in [2.24, 2.45) is 5.10 Å². The number of carbonyl (C=O) groups excluding carboxylic acids is 1. The molecule has 0 atom stereocenters. The predicted octanol–water partition coefficient (Wildman–Crippen LogP) is 6.95. The second-order valence-electron chi connectivity index (χ2n) is 6.51. The number of carbonyl (C=O) groups is 1. The van der Waals surface area contributed by atoms with Crippen LogP contribution in [-0.4, -0.2) is 17.1 Å². The third-order valence-corrected chi connectivity index (χ3v) is 6.87. The van der Waals surface area contributed by atoms with Crippen molar-refractivity contribution < 1.29 is 4.79 Å². The fraction of sp³-hybridized carbons (Fsp3) is 0. The van der Waals surface area contributed by atoms with E-state index in [2.05, 4.69) is 26.0 Å². The first-order valence-electron chi connectivity index (χ1n) is 9.15. The second-order valence-corrected chi connectivity index (χ2v) is 9.42. The lowest BCUT2D eigenvalue weighted by molar-refractivity contribution is 0.0989. The van der Waals surface area contributed by atoms with Crippen molar-refractivity contribution in [3.8, 4) is 0 Å². The molecule has 0 fully saturated rings. The van der Waals surface area contributed by atoms with E-state index >= 15 is 0 Å². The Morgan fingerprint density at radius 2 is 1.90 bits per heavy atom. The van der Waals surface area contributed by atoms with Gasteiger partial charge in [0.25, 0.3) is 5.91 Å². The van der Waals surface area contributed by atoms with Gasteiger partial charge in [0.05, 0.1) is 16.4 Å². The third-order valence-electron chi connectivity index (χ3n) is 4.58. The van der Waals surface area contributed by atoms with Gasteiger partial charge in [-0.25, -0.2) is 4.98 Å². The van der Waals surface area contributed by atoms with E-state index in [1.807, 2.05) is 78.2 Å². The smallest absolute Gasteiger partial charge is 0.267 e. The van der Waals surface area contributed by atoms with E-state index in [4.69, 9.17) is 0 Å². The Bertz CT molecular complexity index is 1390. The molecule has 0 saturated carbocycles. The molecule has 0 aliphatic rings. The molecule has 5 aromatic rings. The summed E-state index contributed by atoms with van der Waals surface area (Å²) in [5.74, 6) is -0.210. The fourth-order valence-electron chi connectivity index (χ4n) is 3.17. The van der Waals surface area contributed by atoms with Crippen molar-refractivity contribution in [1.82, 2.24) is 4.98 Å². The number of thiophene rings is 1. The lowest BCUT2D eigenvalue weighted by Crippen LogP contribution is -2.25. The summed E-state index contributed by atoms with van der Waals surface area (Å²) in [5.41, 5.74) is 1.43. The van der Waals surface area contributed by atoms with Gasteiger partial charge in [-0.15, -0.1) is 11.3 Å². The standard InChI is InChI=1S/C23H14BrN3OS2/c24-16-10-11-20-21(13-16)30-23(26-20)27(25-14-17-7-4-12-29-17)22(28)19-9-3-6-15-5-1-2-8-18(15)19/h1-14H/b25-14+. The second kappa shape index (κ2) is 8.10. The van der Waals surface area contributed by atoms with Crippen LogP contribution in [0.15, 0.2) is 87.8 Å². The summed E-state index contributed by atoms with van der Waals surface area (Å²) in [6, 6.07) is 23.4. The van der Waals surface area contributed by atoms with Crippen LogP contribution in [0, 0.1) is 0 Å². The fourth-order valence-corrected chi connectivity index (χ4v) is 5.22. The summed E-state index contributed by atoms with van der Waals surface area (Å²) in [6.45, 7) is 0. The number of rotatable bonds is 4.